The Morgan fingerprint density at radius 1 is 1.38 bits per heavy atom. The van der Waals surface area contributed by atoms with Crippen molar-refractivity contribution < 1.29 is 10.2 Å². The van der Waals surface area contributed by atoms with Gasteiger partial charge in [0.05, 0.1) is 12.2 Å². The molecule has 0 aliphatic heterocycles. The minimum Gasteiger partial charge on any atom is -0.395 e. The van der Waals surface area contributed by atoms with Gasteiger partial charge in [-0.05, 0) is 19.3 Å². The highest BCUT2D eigenvalue weighted by atomic mass is 16.3. The lowest BCUT2D eigenvalue weighted by atomic mass is 10.0. The largest absolute Gasteiger partial charge is 0.395 e. The SMILES string of the molecule is CCC(C)(O)CN[C@H](CO)C(C)C. The van der Waals surface area contributed by atoms with Crippen molar-refractivity contribution in [1.82, 2.24) is 5.32 Å². The lowest BCUT2D eigenvalue weighted by molar-refractivity contribution is 0.0475. The van der Waals surface area contributed by atoms with Crippen LogP contribution >= 0.6 is 0 Å². The van der Waals surface area contributed by atoms with Crippen LogP contribution in [0.15, 0.2) is 0 Å². The smallest absolute Gasteiger partial charge is 0.0741 e. The zero-order valence-electron chi connectivity index (χ0n) is 9.17. The second-order valence-electron chi connectivity index (χ2n) is 4.26. The average Bonchev–Trinajstić information content (AvgIpc) is 2.05. The number of aliphatic hydroxyl groups excluding tert-OH is 1. The summed E-state index contributed by atoms with van der Waals surface area (Å²) in [4.78, 5) is 0. The van der Waals surface area contributed by atoms with E-state index in [1.165, 1.54) is 0 Å². The molecule has 0 rings (SSSR count). The van der Waals surface area contributed by atoms with Gasteiger partial charge in [-0.3, -0.25) is 0 Å². The van der Waals surface area contributed by atoms with Gasteiger partial charge in [0.25, 0.3) is 0 Å². The molecule has 0 spiro atoms. The molecule has 0 aliphatic carbocycles. The van der Waals surface area contributed by atoms with Crippen molar-refractivity contribution >= 4 is 0 Å². The number of hydrogen-bond donors (Lipinski definition) is 3. The summed E-state index contributed by atoms with van der Waals surface area (Å²) in [5.41, 5.74) is -0.664. The molecule has 3 heteroatoms. The Kier molecular flexibility index (Phi) is 5.53. The third kappa shape index (κ3) is 5.24. The number of aliphatic hydroxyl groups is 2. The standard InChI is InChI=1S/C10H23NO2/c1-5-10(4,13)7-11-9(6-12)8(2)3/h8-9,11-13H,5-7H2,1-4H3/t9-,10?/m1/s1. The Labute approximate surface area is 81.2 Å². The summed E-state index contributed by atoms with van der Waals surface area (Å²) in [6, 6.07) is 0.0815. The molecule has 2 atom stereocenters. The molecular formula is C10H23NO2. The third-order valence-corrected chi connectivity index (χ3v) is 2.51. The maximum Gasteiger partial charge on any atom is 0.0741 e. The predicted octanol–water partition coefficient (Wildman–Crippen LogP) is 0.754. The van der Waals surface area contributed by atoms with E-state index in [0.29, 0.717) is 12.5 Å². The van der Waals surface area contributed by atoms with Crippen LogP contribution in [0.2, 0.25) is 0 Å². The number of nitrogens with one attached hydrogen (secondary N) is 1. The summed E-state index contributed by atoms with van der Waals surface area (Å²) in [5.74, 6) is 0.387. The molecule has 0 bridgehead atoms. The van der Waals surface area contributed by atoms with Crippen LogP contribution in [0.1, 0.15) is 34.1 Å². The molecule has 0 radical (unpaired) electrons. The molecule has 0 saturated heterocycles. The molecule has 0 aromatic rings. The van der Waals surface area contributed by atoms with Crippen molar-refractivity contribution in [2.75, 3.05) is 13.2 Å². The lowest BCUT2D eigenvalue weighted by Crippen LogP contribution is -2.45. The Morgan fingerprint density at radius 2 is 1.92 bits per heavy atom. The fraction of sp³-hybridized carbons (Fsp3) is 1.00. The van der Waals surface area contributed by atoms with Crippen LogP contribution in [0, 0.1) is 5.92 Å². The molecule has 0 aromatic carbocycles. The monoisotopic (exact) mass is 189 g/mol. The molecular weight excluding hydrogens is 166 g/mol. The van der Waals surface area contributed by atoms with Crippen LogP contribution in [0.3, 0.4) is 0 Å². The zero-order chi connectivity index (χ0) is 10.5. The maximum absolute atomic E-state index is 9.71. The number of hydrogen-bond acceptors (Lipinski definition) is 3. The Balaban J connectivity index is 3.85. The summed E-state index contributed by atoms with van der Waals surface area (Å²) >= 11 is 0. The van der Waals surface area contributed by atoms with Crippen molar-refractivity contribution in [3.8, 4) is 0 Å². The number of rotatable bonds is 6. The van der Waals surface area contributed by atoms with E-state index < -0.39 is 5.60 Å². The summed E-state index contributed by atoms with van der Waals surface area (Å²) in [5, 5.41) is 21.9. The van der Waals surface area contributed by atoms with E-state index in [1.54, 1.807) is 6.92 Å². The highest BCUT2D eigenvalue weighted by molar-refractivity contribution is 4.78. The van der Waals surface area contributed by atoms with E-state index in [9.17, 15) is 5.11 Å². The summed E-state index contributed by atoms with van der Waals surface area (Å²) < 4.78 is 0. The highest BCUT2D eigenvalue weighted by Crippen LogP contribution is 2.08. The third-order valence-electron chi connectivity index (χ3n) is 2.51. The molecule has 3 nitrogen and oxygen atoms in total. The van der Waals surface area contributed by atoms with Gasteiger partial charge in [0, 0.05) is 12.6 Å². The Hall–Kier alpha value is -0.120. The lowest BCUT2D eigenvalue weighted by Gasteiger charge is -2.27. The normalized spacial score (nSPS) is 18.7. The van der Waals surface area contributed by atoms with Gasteiger partial charge in [-0.2, -0.15) is 0 Å². The summed E-state index contributed by atoms with van der Waals surface area (Å²) in [7, 11) is 0. The van der Waals surface area contributed by atoms with Crippen LogP contribution in [0.5, 0.6) is 0 Å². The molecule has 13 heavy (non-hydrogen) atoms. The predicted molar refractivity (Wildman–Crippen MR) is 54.6 cm³/mol. The second-order valence-corrected chi connectivity index (χ2v) is 4.26. The van der Waals surface area contributed by atoms with Gasteiger partial charge in [0.15, 0.2) is 0 Å². The summed E-state index contributed by atoms with van der Waals surface area (Å²) in [6.45, 7) is 8.51. The fourth-order valence-corrected chi connectivity index (χ4v) is 0.987. The topological polar surface area (TPSA) is 52.5 Å². The van der Waals surface area contributed by atoms with E-state index in [2.05, 4.69) is 19.2 Å². The van der Waals surface area contributed by atoms with E-state index >= 15 is 0 Å². The van der Waals surface area contributed by atoms with Gasteiger partial charge < -0.3 is 15.5 Å². The molecule has 0 heterocycles. The highest BCUT2D eigenvalue weighted by Gasteiger charge is 2.20. The Bertz CT molecular complexity index is 135. The van der Waals surface area contributed by atoms with Crippen LogP contribution < -0.4 is 5.32 Å². The minimum absolute atomic E-state index is 0.0815. The first-order valence-electron chi connectivity index (χ1n) is 4.99. The quantitative estimate of drug-likeness (QED) is 0.578. The van der Waals surface area contributed by atoms with E-state index in [4.69, 9.17) is 5.11 Å². The fourth-order valence-electron chi connectivity index (χ4n) is 0.987. The van der Waals surface area contributed by atoms with Crippen LogP contribution in [0.25, 0.3) is 0 Å². The molecule has 3 N–H and O–H groups in total. The molecule has 0 saturated carbocycles. The second kappa shape index (κ2) is 5.58. The van der Waals surface area contributed by atoms with Crippen molar-refractivity contribution in [1.29, 1.82) is 0 Å². The maximum atomic E-state index is 9.71. The zero-order valence-corrected chi connectivity index (χ0v) is 9.17. The van der Waals surface area contributed by atoms with E-state index in [1.807, 2.05) is 6.92 Å². The van der Waals surface area contributed by atoms with Crippen LogP contribution in [-0.2, 0) is 0 Å². The molecule has 0 fully saturated rings. The molecule has 0 aliphatic rings. The summed E-state index contributed by atoms with van der Waals surface area (Å²) in [6.07, 6.45) is 0.718. The van der Waals surface area contributed by atoms with Gasteiger partial charge in [0.1, 0.15) is 0 Å². The van der Waals surface area contributed by atoms with Gasteiger partial charge in [0.2, 0.25) is 0 Å². The van der Waals surface area contributed by atoms with Crippen molar-refractivity contribution in [2.45, 2.75) is 45.8 Å². The van der Waals surface area contributed by atoms with Gasteiger partial charge in [-0.25, -0.2) is 0 Å². The van der Waals surface area contributed by atoms with Crippen LogP contribution in [-0.4, -0.2) is 35.0 Å². The van der Waals surface area contributed by atoms with Gasteiger partial charge >= 0.3 is 0 Å². The van der Waals surface area contributed by atoms with E-state index in [0.717, 1.165) is 6.42 Å². The molecule has 0 aromatic heterocycles. The molecule has 80 valence electrons. The first-order chi connectivity index (χ1) is 5.93. The first-order valence-corrected chi connectivity index (χ1v) is 4.99. The minimum atomic E-state index is -0.664. The van der Waals surface area contributed by atoms with E-state index in [-0.39, 0.29) is 12.6 Å². The van der Waals surface area contributed by atoms with Crippen LogP contribution in [0.4, 0.5) is 0 Å². The van der Waals surface area contributed by atoms with Gasteiger partial charge in [-0.15, -0.1) is 0 Å². The van der Waals surface area contributed by atoms with Crippen molar-refractivity contribution in [3.05, 3.63) is 0 Å². The van der Waals surface area contributed by atoms with Crippen molar-refractivity contribution in [3.63, 3.8) is 0 Å². The Morgan fingerprint density at radius 3 is 2.23 bits per heavy atom. The van der Waals surface area contributed by atoms with Gasteiger partial charge in [-0.1, -0.05) is 20.8 Å². The first kappa shape index (κ1) is 12.9. The van der Waals surface area contributed by atoms with Crippen molar-refractivity contribution in [2.24, 2.45) is 5.92 Å². The molecule has 1 unspecified atom stereocenters. The molecule has 0 amide bonds. The average molecular weight is 189 g/mol.